The maximum atomic E-state index is 13.8. The number of halogens is 1. The first-order chi connectivity index (χ1) is 14.2. The lowest BCUT2D eigenvalue weighted by Gasteiger charge is -2.42. The highest BCUT2D eigenvalue weighted by Gasteiger charge is 2.33. The van der Waals surface area contributed by atoms with Crippen LogP contribution in [0.4, 0.5) is 9.18 Å². The molecule has 1 heterocycles. The smallest absolute Gasteiger partial charge is 0.410 e. The van der Waals surface area contributed by atoms with E-state index in [1.54, 1.807) is 12.1 Å². The molecule has 2 aromatic carbocycles. The molecule has 30 heavy (non-hydrogen) atoms. The van der Waals surface area contributed by atoms with Crippen LogP contribution in [-0.2, 0) is 17.7 Å². The van der Waals surface area contributed by atoms with Gasteiger partial charge in [-0.25, -0.2) is 9.18 Å². The molecule has 1 aliphatic heterocycles. The molecule has 0 spiro atoms. The van der Waals surface area contributed by atoms with E-state index in [9.17, 15) is 9.18 Å². The monoisotopic (exact) mass is 414 g/mol. The van der Waals surface area contributed by atoms with E-state index in [4.69, 9.17) is 9.47 Å². The quantitative estimate of drug-likeness (QED) is 0.723. The summed E-state index contributed by atoms with van der Waals surface area (Å²) < 4.78 is 24.6. The summed E-state index contributed by atoms with van der Waals surface area (Å²) in [6, 6.07) is 15.1. The third-order valence-electron chi connectivity index (χ3n) is 5.13. The lowest BCUT2D eigenvalue weighted by Crippen LogP contribution is -2.56. The number of carbonyl (C=O) groups excluding carboxylic acids is 1. The standard InChI is InChI=1S/C24H31FN2O3/c1-24(2,3)30-23(28)27-13-12-26(16-18-8-6-5-7-9-18)17-20(27)14-19-10-11-21(25)22(15-19)29-4/h5-11,15,20H,12-14,16-17H2,1-4H3/t20-/m1/s1. The number of hydrogen-bond donors (Lipinski definition) is 0. The molecule has 3 rings (SSSR count). The SMILES string of the molecule is COc1cc(C[C@@H]2CN(Cc3ccccc3)CCN2C(=O)OC(C)(C)C)ccc1F. The van der Waals surface area contributed by atoms with Gasteiger partial charge in [0.15, 0.2) is 11.6 Å². The zero-order chi connectivity index (χ0) is 21.7. The van der Waals surface area contributed by atoms with Gasteiger partial charge in [0, 0.05) is 26.2 Å². The number of amides is 1. The molecule has 1 fully saturated rings. The van der Waals surface area contributed by atoms with Crippen LogP contribution in [0.25, 0.3) is 0 Å². The third-order valence-corrected chi connectivity index (χ3v) is 5.13. The summed E-state index contributed by atoms with van der Waals surface area (Å²) in [5.74, 6) is -0.173. The summed E-state index contributed by atoms with van der Waals surface area (Å²) >= 11 is 0. The Morgan fingerprint density at radius 1 is 1.10 bits per heavy atom. The lowest BCUT2D eigenvalue weighted by atomic mass is 10.0. The molecule has 0 radical (unpaired) electrons. The van der Waals surface area contributed by atoms with Gasteiger partial charge in [-0.3, -0.25) is 4.90 Å². The first-order valence-corrected chi connectivity index (χ1v) is 10.3. The van der Waals surface area contributed by atoms with Crippen LogP contribution in [0.2, 0.25) is 0 Å². The van der Waals surface area contributed by atoms with E-state index in [-0.39, 0.29) is 23.7 Å². The number of hydrogen-bond acceptors (Lipinski definition) is 4. The van der Waals surface area contributed by atoms with E-state index < -0.39 is 5.60 Å². The number of benzene rings is 2. The third kappa shape index (κ3) is 5.95. The van der Waals surface area contributed by atoms with Crippen LogP contribution < -0.4 is 4.74 Å². The van der Waals surface area contributed by atoms with Crippen molar-refractivity contribution in [2.45, 2.75) is 45.4 Å². The molecule has 0 unspecified atom stereocenters. The van der Waals surface area contributed by atoms with E-state index >= 15 is 0 Å². The Hall–Kier alpha value is -2.60. The predicted molar refractivity (Wildman–Crippen MR) is 115 cm³/mol. The fraction of sp³-hybridized carbons (Fsp3) is 0.458. The summed E-state index contributed by atoms with van der Waals surface area (Å²) in [6.07, 6.45) is 0.294. The van der Waals surface area contributed by atoms with Gasteiger partial charge < -0.3 is 14.4 Å². The van der Waals surface area contributed by atoms with Gasteiger partial charge in [0.25, 0.3) is 0 Å². The average Bonchev–Trinajstić information content (AvgIpc) is 2.69. The molecule has 1 saturated heterocycles. The molecule has 5 nitrogen and oxygen atoms in total. The van der Waals surface area contributed by atoms with Crippen LogP contribution in [0.5, 0.6) is 5.75 Å². The van der Waals surface area contributed by atoms with E-state index in [2.05, 4.69) is 17.0 Å². The van der Waals surface area contributed by atoms with E-state index in [0.717, 1.165) is 18.7 Å². The second kappa shape index (κ2) is 9.47. The molecular weight excluding hydrogens is 383 g/mol. The van der Waals surface area contributed by atoms with E-state index in [1.165, 1.54) is 18.7 Å². The zero-order valence-corrected chi connectivity index (χ0v) is 18.2. The van der Waals surface area contributed by atoms with Gasteiger partial charge in [-0.2, -0.15) is 0 Å². The highest BCUT2D eigenvalue weighted by Crippen LogP contribution is 2.23. The van der Waals surface area contributed by atoms with Crippen LogP contribution in [0.1, 0.15) is 31.9 Å². The highest BCUT2D eigenvalue weighted by molar-refractivity contribution is 5.69. The van der Waals surface area contributed by atoms with Crippen molar-refractivity contribution in [2.24, 2.45) is 0 Å². The van der Waals surface area contributed by atoms with Gasteiger partial charge in [-0.1, -0.05) is 36.4 Å². The van der Waals surface area contributed by atoms with Crippen molar-refractivity contribution in [1.29, 1.82) is 0 Å². The van der Waals surface area contributed by atoms with Gasteiger partial charge in [0.05, 0.1) is 13.2 Å². The number of nitrogens with zero attached hydrogens (tertiary/aromatic N) is 2. The number of methoxy groups -OCH3 is 1. The van der Waals surface area contributed by atoms with Crippen LogP contribution in [0.3, 0.4) is 0 Å². The second-order valence-electron chi connectivity index (χ2n) is 8.72. The Bertz CT molecular complexity index is 851. The van der Waals surface area contributed by atoms with E-state index in [1.807, 2.05) is 43.9 Å². The van der Waals surface area contributed by atoms with Crippen molar-refractivity contribution < 1.29 is 18.7 Å². The summed E-state index contributed by atoms with van der Waals surface area (Å²) in [4.78, 5) is 17.0. The summed E-state index contributed by atoms with van der Waals surface area (Å²) in [7, 11) is 1.46. The number of rotatable bonds is 5. The molecule has 1 amide bonds. The fourth-order valence-electron chi connectivity index (χ4n) is 3.74. The summed E-state index contributed by atoms with van der Waals surface area (Å²) in [5.41, 5.74) is 1.61. The Morgan fingerprint density at radius 3 is 2.50 bits per heavy atom. The minimum absolute atomic E-state index is 0.0764. The molecule has 0 saturated carbocycles. The Morgan fingerprint density at radius 2 is 1.83 bits per heavy atom. The minimum atomic E-state index is -0.554. The maximum absolute atomic E-state index is 13.8. The maximum Gasteiger partial charge on any atom is 0.410 e. The van der Waals surface area contributed by atoms with Crippen molar-refractivity contribution in [3.8, 4) is 5.75 Å². The second-order valence-corrected chi connectivity index (χ2v) is 8.72. The van der Waals surface area contributed by atoms with Crippen LogP contribution in [0, 0.1) is 5.82 Å². The van der Waals surface area contributed by atoms with Gasteiger partial charge >= 0.3 is 6.09 Å². The molecule has 2 aromatic rings. The summed E-state index contributed by atoms with van der Waals surface area (Å²) in [5, 5.41) is 0. The Kier molecular flexibility index (Phi) is 6.98. The lowest BCUT2D eigenvalue weighted by molar-refractivity contribution is -0.00233. The first-order valence-electron chi connectivity index (χ1n) is 10.3. The molecule has 162 valence electrons. The molecule has 0 bridgehead atoms. The highest BCUT2D eigenvalue weighted by atomic mass is 19.1. The van der Waals surface area contributed by atoms with E-state index in [0.29, 0.717) is 19.5 Å². The Labute approximate surface area is 178 Å². The topological polar surface area (TPSA) is 42.0 Å². The van der Waals surface area contributed by atoms with Crippen molar-refractivity contribution in [3.05, 3.63) is 65.5 Å². The molecule has 0 aromatic heterocycles. The number of carbonyl (C=O) groups is 1. The minimum Gasteiger partial charge on any atom is -0.494 e. The molecule has 1 atom stereocenters. The number of piperazine rings is 1. The molecule has 1 aliphatic rings. The van der Waals surface area contributed by atoms with Crippen LogP contribution in [0.15, 0.2) is 48.5 Å². The molecule has 6 heteroatoms. The van der Waals surface area contributed by atoms with Crippen LogP contribution in [-0.4, -0.2) is 54.3 Å². The van der Waals surface area contributed by atoms with Crippen molar-refractivity contribution in [3.63, 3.8) is 0 Å². The number of ether oxygens (including phenoxy) is 2. The normalized spacial score (nSPS) is 17.6. The van der Waals surface area contributed by atoms with Gasteiger partial charge in [-0.05, 0) is 50.5 Å². The van der Waals surface area contributed by atoms with Crippen molar-refractivity contribution in [1.82, 2.24) is 9.80 Å². The zero-order valence-electron chi connectivity index (χ0n) is 18.2. The molecular formula is C24H31FN2O3. The molecule has 0 aliphatic carbocycles. The van der Waals surface area contributed by atoms with Gasteiger partial charge in [0.1, 0.15) is 5.60 Å². The molecule has 0 N–H and O–H groups in total. The largest absolute Gasteiger partial charge is 0.494 e. The van der Waals surface area contributed by atoms with Gasteiger partial charge in [0.2, 0.25) is 0 Å². The van der Waals surface area contributed by atoms with Crippen molar-refractivity contribution in [2.75, 3.05) is 26.7 Å². The predicted octanol–water partition coefficient (Wildman–Crippen LogP) is 4.50. The fourth-order valence-corrected chi connectivity index (χ4v) is 3.74. The summed E-state index contributed by atoms with van der Waals surface area (Å²) in [6.45, 7) is 8.52. The average molecular weight is 415 g/mol. The van der Waals surface area contributed by atoms with Gasteiger partial charge in [-0.15, -0.1) is 0 Å². The van der Waals surface area contributed by atoms with Crippen molar-refractivity contribution >= 4 is 6.09 Å². The van der Waals surface area contributed by atoms with Crippen LogP contribution >= 0.6 is 0 Å². The first kappa shape index (κ1) is 22.1. The Balaban J connectivity index is 1.78.